The van der Waals surface area contributed by atoms with E-state index >= 15 is 0 Å². The first-order valence-electron chi connectivity index (χ1n) is 13.2. The summed E-state index contributed by atoms with van der Waals surface area (Å²) in [5.41, 5.74) is 5.83. The van der Waals surface area contributed by atoms with Crippen molar-refractivity contribution in [3.8, 4) is 22.6 Å². The molecule has 0 saturated carbocycles. The van der Waals surface area contributed by atoms with Crippen molar-refractivity contribution in [2.24, 2.45) is 0 Å². The maximum Gasteiger partial charge on any atom is 2.00 e. The summed E-state index contributed by atoms with van der Waals surface area (Å²) < 4.78 is 10.4. The van der Waals surface area contributed by atoms with Gasteiger partial charge in [-0.05, 0) is 22.6 Å². The van der Waals surface area contributed by atoms with Gasteiger partial charge in [0.1, 0.15) is 12.0 Å². The summed E-state index contributed by atoms with van der Waals surface area (Å²) in [6, 6.07) is 31.8. The molecule has 0 fully saturated rings. The molecule has 0 aliphatic rings. The van der Waals surface area contributed by atoms with Crippen molar-refractivity contribution in [2.45, 2.75) is 0 Å². The number of hydrogen-bond donors (Lipinski definition) is 0. The van der Waals surface area contributed by atoms with Crippen LogP contribution in [0.15, 0.2) is 110 Å². The molecule has 5 aromatic heterocycles. The first kappa shape index (κ1) is 24.6. The van der Waals surface area contributed by atoms with Gasteiger partial charge in [-0.3, -0.25) is 9.97 Å². The van der Waals surface area contributed by atoms with E-state index in [4.69, 9.17) is 9.72 Å². The summed E-state index contributed by atoms with van der Waals surface area (Å²) >= 11 is 0. The van der Waals surface area contributed by atoms with Crippen molar-refractivity contribution in [2.75, 3.05) is 0 Å². The average Bonchev–Trinajstić information content (AvgIpc) is 3.73. The Kier molecular flexibility index (Phi) is 5.56. The van der Waals surface area contributed by atoms with Crippen LogP contribution in [0, 0.1) is 12.1 Å². The minimum atomic E-state index is 0. The standard InChI is InChI=1S/C34H18N6O.Pt/c1-2-4-21(5-3-1)22-6-9-27-25-10-7-23(17-28(25)32-36-12-14-39(32)31(27)16-22)41-24-8-11-26-29(18-24)33-37-13-15-40(33)34-30(26)19-35-20-38-34;/h1-16,19-20H;/q-2;+2. The van der Waals surface area contributed by atoms with E-state index in [9.17, 15) is 0 Å². The summed E-state index contributed by atoms with van der Waals surface area (Å²) in [7, 11) is 0. The van der Waals surface area contributed by atoms with E-state index in [1.807, 2.05) is 53.5 Å². The number of ether oxygens (including phenoxy) is 1. The van der Waals surface area contributed by atoms with Crippen LogP contribution in [0.3, 0.4) is 0 Å². The van der Waals surface area contributed by atoms with Gasteiger partial charge in [0.15, 0.2) is 0 Å². The van der Waals surface area contributed by atoms with E-state index in [-0.39, 0.29) is 21.1 Å². The van der Waals surface area contributed by atoms with Crippen LogP contribution in [0.5, 0.6) is 11.5 Å². The van der Waals surface area contributed by atoms with Gasteiger partial charge >= 0.3 is 21.1 Å². The van der Waals surface area contributed by atoms with Crippen LogP contribution in [-0.2, 0) is 21.1 Å². The molecule has 0 amide bonds. The van der Waals surface area contributed by atoms with E-state index in [1.165, 1.54) is 5.56 Å². The minimum Gasteiger partial charge on any atom is -0.497 e. The van der Waals surface area contributed by atoms with Crippen molar-refractivity contribution in [1.82, 2.24) is 28.7 Å². The summed E-state index contributed by atoms with van der Waals surface area (Å²) in [5.74, 6) is 1.16. The molecule has 0 atom stereocenters. The normalized spacial score (nSPS) is 11.6. The SMILES string of the molecule is [Pt+2].[c-]1c(Oc2[c-]c3c(cc2)c2cncnc2n2ccnc32)ccc2c1c1nccn1c1cc(-c3ccccc3)ccc21. The second-order valence-corrected chi connectivity index (χ2v) is 9.92. The molecule has 200 valence electrons. The van der Waals surface area contributed by atoms with Crippen molar-refractivity contribution in [1.29, 1.82) is 0 Å². The van der Waals surface area contributed by atoms with Gasteiger partial charge in [0, 0.05) is 53.4 Å². The number of nitrogens with zero attached hydrogens (tertiary/aromatic N) is 6. The number of hydrogen-bond acceptors (Lipinski definition) is 5. The number of fused-ring (bicyclic) bond motifs is 12. The van der Waals surface area contributed by atoms with Gasteiger partial charge in [0.25, 0.3) is 0 Å². The molecular weight excluding hydrogens is 703 g/mol. The third kappa shape index (κ3) is 3.64. The molecule has 8 heteroatoms. The summed E-state index contributed by atoms with van der Waals surface area (Å²) in [4.78, 5) is 18.0. The molecule has 42 heavy (non-hydrogen) atoms. The Morgan fingerprint density at radius 3 is 2.02 bits per heavy atom. The number of pyridine rings is 2. The van der Waals surface area contributed by atoms with E-state index in [1.54, 1.807) is 12.5 Å². The maximum atomic E-state index is 6.33. The first-order valence-corrected chi connectivity index (χ1v) is 13.2. The molecule has 0 unspecified atom stereocenters. The average molecular weight is 722 g/mol. The molecule has 0 radical (unpaired) electrons. The van der Waals surface area contributed by atoms with Crippen LogP contribution in [0.1, 0.15) is 0 Å². The monoisotopic (exact) mass is 721 g/mol. The molecule has 0 bridgehead atoms. The van der Waals surface area contributed by atoms with Crippen molar-refractivity contribution >= 4 is 54.8 Å². The van der Waals surface area contributed by atoms with Gasteiger partial charge < -0.3 is 13.5 Å². The van der Waals surface area contributed by atoms with Gasteiger partial charge in [-0.15, -0.1) is 12.1 Å². The zero-order valence-corrected chi connectivity index (χ0v) is 24.1. The quantitative estimate of drug-likeness (QED) is 0.140. The van der Waals surface area contributed by atoms with Crippen molar-refractivity contribution in [3.05, 3.63) is 122 Å². The molecule has 0 N–H and O–H groups in total. The number of aromatic nitrogens is 6. The Morgan fingerprint density at radius 2 is 1.26 bits per heavy atom. The second kappa shape index (κ2) is 9.47. The van der Waals surface area contributed by atoms with Gasteiger partial charge in [0.2, 0.25) is 0 Å². The third-order valence-corrected chi connectivity index (χ3v) is 7.65. The van der Waals surface area contributed by atoms with E-state index < -0.39 is 0 Å². The Hall–Kier alpha value is -5.13. The largest absolute Gasteiger partial charge is 2.00 e. The van der Waals surface area contributed by atoms with E-state index in [0.29, 0.717) is 11.5 Å². The zero-order chi connectivity index (χ0) is 26.9. The maximum absolute atomic E-state index is 6.33. The van der Waals surface area contributed by atoms with Crippen LogP contribution in [0.2, 0.25) is 0 Å². The fourth-order valence-electron chi connectivity index (χ4n) is 5.80. The van der Waals surface area contributed by atoms with Gasteiger partial charge in [-0.25, -0.2) is 9.97 Å². The zero-order valence-electron chi connectivity index (χ0n) is 21.8. The molecule has 0 aliphatic heterocycles. The van der Waals surface area contributed by atoms with Crippen LogP contribution < -0.4 is 4.74 Å². The van der Waals surface area contributed by atoms with Gasteiger partial charge in [0.05, 0.1) is 11.3 Å². The molecule has 5 heterocycles. The van der Waals surface area contributed by atoms with Crippen LogP contribution >= 0.6 is 0 Å². The molecule has 0 spiro atoms. The van der Waals surface area contributed by atoms with Crippen molar-refractivity contribution < 1.29 is 25.8 Å². The third-order valence-electron chi connectivity index (χ3n) is 7.65. The van der Waals surface area contributed by atoms with Gasteiger partial charge in [-0.1, -0.05) is 88.3 Å². The van der Waals surface area contributed by atoms with Crippen LogP contribution in [0.4, 0.5) is 0 Å². The molecule has 0 saturated heterocycles. The first-order chi connectivity index (χ1) is 20.3. The fraction of sp³-hybridized carbons (Fsp3) is 0. The van der Waals surface area contributed by atoms with E-state index in [2.05, 4.69) is 80.0 Å². The molecule has 9 aromatic rings. The Labute approximate surface area is 253 Å². The molecule has 0 aliphatic carbocycles. The molecule has 4 aromatic carbocycles. The topological polar surface area (TPSA) is 69.6 Å². The molecular formula is C34H18N6OPt. The smallest absolute Gasteiger partial charge is 0.497 e. The molecule has 9 rings (SSSR count). The Bertz CT molecular complexity index is 2470. The van der Waals surface area contributed by atoms with E-state index in [0.717, 1.165) is 60.3 Å². The number of rotatable bonds is 3. The number of benzene rings is 4. The summed E-state index contributed by atoms with van der Waals surface area (Å²) in [5, 5.41) is 5.82. The van der Waals surface area contributed by atoms with Crippen LogP contribution in [-0.4, -0.2) is 28.7 Å². The second-order valence-electron chi connectivity index (χ2n) is 9.92. The summed E-state index contributed by atoms with van der Waals surface area (Å²) in [6.07, 6.45) is 10.8. The fourth-order valence-corrected chi connectivity index (χ4v) is 5.80. The predicted molar refractivity (Wildman–Crippen MR) is 159 cm³/mol. The summed E-state index contributed by atoms with van der Waals surface area (Å²) in [6.45, 7) is 0. The van der Waals surface area contributed by atoms with Gasteiger partial charge in [-0.2, -0.15) is 0 Å². The Morgan fingerprint density at radius 1 is 0.595 bits per heavy atom. The number of imidazole rings is 2. The van der Waals surface area contributed by atoms with Crippen molar-refractivity contribution in [3.63, 3.8) is 0 Å². The minimum absolute atomic E-state index is 0. The Balaban J connectivity index is 0.00000267. The van der Waals surface area contributed by atoms with Crippen LogP contribution in [0.25, 0.3) is 65.9 Å². The molecule has 7 nitrogen and oxygen atoms in total. The predicted octanol–water partition coefficient (Wildman–Crippen LogP) is 7.44.